The number of hydrogen-bond acceptors (Lipinski definition) is 3. The van der Waals surface area contributed by atoms with Crippen LogP contribution in [-0.2, 0) is 9.59 Å². The Morgan fingerprint density at radius 3 is 1.83 bits per heavy atom. The van der Waals surface area contributed by atoms with Gasteiger partial charge in [-0.05, 0) is 19.4 Å². The molecule has 5 nitrogen and oxygen atoms in total. The van der Waals surface area contributed by atoms with Gasteiger partial charge in [0.2, 0.25) is 0 Å². The molecule has 0 heterocycles. The Morgan fingerprint density at radius 2 is 1.39 bits per heavy atom. The minimum atomic E-state index is -0.965. The van der Waals surface area contributed by atoms with Gasteiger partial charge in [0, 0.05) is 6.42 Å². The maximum absolute atomic E-state index is 11.0. The van der Waals surface area contributed by atoms with Crippen molar-refractivity contribution in [3.63, 3.8) is 0 Å². The van der Waals surface area contributed by atoms with Crippen LogP contribution in [0.15, 0.2) is 0 Å². The van der Waals surface area contributed by atoms with Crippen molar-refractivity contribution < 1.29 is 50.8 Å². The molecule has 0 unspecified atom stereocenters. The number of carbonyl (C=O) groups is 2. The van der Waals surface area contributed by atoms with E-state index in [4.69, 9.17) is 10.2 Å². The van der Waals surface area contributed by atoms with Crippen molar-refractivity contribution in [1.82, 2.24) is 5.32 Å². The molecule has 0 spiro atoms. The Hall–Kier alpha value is -0.100. The first-order valence-corrected chi connectivity index (χ1v) is 8.76. The van der Waals surface area contributed by atoms with Gasteiger partial charge >= 0.3 is 41.5 Å². The summed E-state index contributed by atoms with van der Waals surface area (Å²) in [5.74, 6) is -1.92. The van der Waals surface area contributed by atoms with Crippen LogP contribution in [0.5, 0.6) is 0 Å². The molecule has 0 fully saturated rings. The van der Waals surface area contributed by atoms with E-state index in [1.165, 1.54) is 51.4 Å². The molecule has 6 heteroatoms. The smallest absolute Gasteiger partial charge is 1.00 e. The second kappa shape index (κ2) is 18.2. The fourth-order valence-corrected chi connectivity index (χ4v) is 2.47. The van der Waals surface area contributed by atoms with Crippen LogP contribution in [0.2, 0.25) is 0 Å². The first kappa shape index (κ1) is 25.1. The molecule has 132 valence electrons. The van der Waals surface area contributed by atoms with Gasteiger partial charge in [0.25, 0.3) is 0 Å². The zero-order chi connectivity index (χ0) is 16.6. The van der Waals surface area contributed by atoms with Crippen LogP contribution in [0, 0.1) is 0 Å². The number of aliphatic carboxylic acids is 2. The van der Waals surface area contributed by atoms with Gasteiger partial charge < -0.3 is 17.0 Å². The number of carboxylic acid groups (broad SMARTS) is 2. The summed E-state index contributed by atoms with van der Waals surface area (Å²) in [7, 11) is 0. The zero-order valence-corrected chi connectivity index (χ0v) is 17.0. The van der Waals surface area contributed by atoms with E-state index >= 15 is 0 Å². The van der Waals surface area contributed by atoms with Crippen LogP contribution in [0.4, 0.5) is 0 Å². The minimum absolute atomic E-state index is 0. The molecule has 0 aliphatic carbocycles. The van der Waals surface area contributed by atoms with Crippen molar-refractivity contribution in [3.05, 3.63) is 0 Å². The molecule has 0 saturated heterocycles. The van der Waals surface area contributed by atoms with Crippen LogP contribution < -0.4 is 34.9 Å². The molecule has 0 radical (unpaired) electrons. The Balaban J connectivity index is -0.00000220. The zero-order valence-electron chi connectivity index (χ0n) is 16.0. The summed E-state index contributed by atoms with van der Waals surface area (Å²) >= 11 is 0. The molecular formula is C17H34NNaO4. The van der Waals surface area contributed by atoms with Gasteiger partial charge in [0.15, 0.2) is 0 Å². The molecule has 0 aliphatic heterocycles. The quantitative estimate of drug-likeness (QED) is 0.288. The molecule has 23 heavy (non-hydrogen) atoms. The van der Waals surface area contributed by atoms with E-state index in [-0.39, 0.29) is 43.8 Å². The maximum Gasteiger partial charge on any atom is 1.00 e. The molecule has 0 aliphatic rings. The van der Waals surface area contributed by atoms with Crippen molar-refractivity contribution in [2.75, 3.05) is 6.54 Å². The Labute approximate surface area is 164 Å². The molecule has 0 rings (SSSR count). The minimum Gasteiger partial charge on any atom is -1.00 e. The average Bonchev–Trinajstić information content (AvgIpc) is 2.47. The number of unbranched alkanes of at least 4 members (excludes halogenated alkanes) is 9. The number of hydrogen-bond donors (Lipinski definition) is 3. The molecule has 0 amide bonds. The normalized spacial score (nSPS) is 11.7. The average molecular weight is 339 g/mol. The predicted octanol–water partition coefficient (Wildman–Crippen LogP) is 0.931. The van der Waals surface area contributed by atoms with Crippen LogP contribution in [0.3, 0.4) is 0 Å². The molecule has 3 N–H and O–H groups in total. The van der Waals surface area contributed by atoms with Crippen molar-refractivity contribution in [2.24, 2.45) is 0 Å². The molecule has 0 aromatic rings. The largest absolute Gasteiger partial charge is 1.00 e. The maximum atomic E-state index is 11.0. The van der Waals surface area contributed by atoms with Crippen LogP contribution in [0.25, 0.3) is 0 Å². The summed E-state index contributed by atoms with van der Waals surface area (Å²) in [5, 5.41) is 20.5. The van der Waals surface area contributed by atoms with Gasteiger partial charge in [0.1, 0.15) is 6.04 Å². The van der Waals surface area contributed by atoms with Crippen LogP contribution >= 0.6 is 0 Å². The monoisotopic (exact) mass is 339 g/mol. The van der Waals surface area contributed by atoms with E-state index in [1.54, 1.807) is 0 Å². The van der Waals surface area contributed by atoms with Gasteiger partial charge in [-0.1, -0.05) is 64.7 Å². The Kier molecular flexibility index (Phi) is 19.9. The second-order valence-electron chi connectivity index (χ2n) is 5.96. The summed E-state index contributed by atoms with van der Waals surface area (Å²) in [4.78, 5) is 21.4. The summed E-state index contributed by atoms with van der Waals surface area (Å²) in [6.07, 6.45) is 12.5. The first-order chi connectivity index (χ1) is 10.6. The molecular weight excluding hydrogens is 305 g/mol. The number of carboxylic acids is 2. The molecule has 0 aromatic carbocycles. The fraction of sp³-hybridized carbons (Fsp3) is 0.882. The first-order valence-electron chi connectivity index (χ1n) is 8.76. The van der Waals surface area contributed by atoms with E-state index in [0.29, 0.717) is 6.54 Å². The van der Waals surface area contributed by atoms with Crippen molar-refractivity contribution >= 4 is 11.9 Å². The molecule has 0 bridgehead atoms. The third kappa shape index (κ3) is 18.1. The van der Waals surface area contributed by atoms with Gasteiger partial charge in [-0.15, -0.1) is 0 Å². The second-order valence-corrected chi connectivity index (χ2v) is 5.96. The standard InChI is InChI=1S/C17H33NO4.Na.H/c1-2-3-4-5-6-7-8-9-10-11-14-18-15(17(21)22)12-13-16(19)20;;/h15,18H,2-14H2,1H3,(H,19,20)(H,21,22);;/q;+1;-1/t15-;;/m1../s1. The number of nitrogens with one attached hydrogen (secondary N) is 1. The summed E-state index contributed by atoms with van der Waals surface area (Å²) in [6, 6.07) is -0.741. The van der Waals surface area contributed by atoms with Crippen LogP contribution in [-0.4, -0.2) is 34.7 Å². The summed E-state index contributed by atoms with van der Waals surface area (Å²) in [5.41, 5.74) is 0. The summed E-state index contributed by atoms with van der Waals surface area (Å²) in [6.45, 7) is 2.87. The third-order valence-electron chi connectivity index (χ3n) is 3.87. The molecule has 0 aromatic heterocycles. The van der Waals surface area contributed by atoms with Crippen LogP contribution in [0.1, 0.15) is 85.4 Å². The van der Waals surface area contributed by atoms with Crippen molar-refractivity contribution in [2.45, 2.75) is 90.0 Å². The summed E-state index contributed by atoms with van der Waals surface area (Å²) < 4.78 is 0. The molecule has 0 saturated carbocycles. The van der Waals surface area contributed by atoms with E-state index in [0.717, 1.165) is 12.8 Å². The topological polar surface area (TPSA) is 86.6 Å². The predicted molar refractivity (Wildman–Crippen MR) is 89.3 cm³/mol. The van der Waals surface area contributed by atoms with E-state index < -0.39 is 18.0 Å². The Bertz CT molecular complexity index is 306. The third-order valence-corrected chi connectivity index (χ3v) is 3.87. The van der Waals surface area contributed by atoms with E-state index in [9.17, 15) is 9.59 Å². The fourth-order valence-electron chi connectivity index (χ4n) is 2.47. The van der Waals surface area contributed by atoms with Gasteiger partial charge in [-0.25, -0.2) is 0 Å². The van der Waals surface area contributed by atoms with Crippen molar-refractivity contribution in [1.29, 1.82) is 0 Å². The SMILES string of the molecule is CCCCCCCCCCCCN[C@H](CCC(=O)O)C(=O)O.[H-].[Na+]. The van der Waals surface area contributed by atoms with E-state index in [2.05, 4.69) is 12.2 Å². The van der Waals surface area contributed by atoms with Gasteiger partial charge in [-0.2, -0.15) is 0 Å². The number of rotatable bonds is 16. The van der Waals surface area contributed by atoms with Gasteiger partial charge in [0.05, 0.1) is 0 Å². The van der Waals surface area contributed by atoms with Crippen molar-refractivity contribution in [3.8, 4) is 0 Å². The van der Waals surface area contributed by atoms with Gasteiger partial charge in [-0.3, -0.25) is 9.59 Å². The Morgan fingerprint density at radius 1 is 0.913 bits per heavy atom. The molecule has 1 atom stereocenters. The van der Waals surface area contributed by atoms with E-state index in [1.807, 2.05) is 0 Å².